The van der Waals surface area contributed by atoms with E-state index in [2.05, 4.69) is 23.3 Å². The van der Waals surface area contributed by atoms with E-state index in [1.807, 2.05) is 0 Å². The molecular weight excluding hydrogens is 282 g/mol. The number of hydrogen-bond acceptors (Lipinski definition) is 1. The molecule has 0 fully saturated rings. The second kappa shape index (κ2) is 4.73. The van der Waals surface area contributed by atoms with Gasteiger partial charge >= 0.3 is 12.4 Å². The molecule has 9 heteroatoms. The van der Waals surface area contributed by atoms with Gasteiger partial charge in [-0.25, -0.2) is 0 Å². The Bertz CT molecular complexity index is 433. The quantitative estimate of drug-likeness (QED) is 0.616. The highest BCUT2D eigenvalue weighted by Crippen LogP contribution is 2.37. The average molecular weight is 289 g/mol. The molecule has 2 nitrogen and oxygen atoms in total. The van der Waals surface area contributed by atoms with E-state index >= 15 is 0 Å². The Morgan fingerprint density at radius 1 is 0.944 bits per heavy atom. The predicted octanol–water partition coefficient (Wildman–Crippen LogP) is 2.66. The van der Waals surface area contributed by atoms with Gasteiger partial charge in [0, 0.05) is 17.9 Å². The number of hydrogen-bond donors (Lipinski definition) is 2. The first-order chi connectivity index (χ1) is 8.00. The number of thiocarbonyl (C=S) groups is 1. The van der Waals surface area contributed by atoms with Crippen LogP contribution in [0, 0.1) is 0 Å². The molecule has 0 saturated carbocycles. The molecule has 0 amide bonds. The van der Waals surface area contributed by atoms with Gasteiger partial charge in [-0.2, -0.15) is 26.3 Å². The van der Waals surface area contributed by atoms with E-state index in [-0.39, 0.29) is 11.2 Å². The Labute approximate surface area is 103 Å². The molecule has 0 heterocycles. The van der Waals surface area contributed by atoms with Gasteiger partial charge in [-0.15, -0.1) is 0 Å². The first-order valence-corrected chi connectivity index (χ1v) is 4.83. The van der Waals surface area contributed by atoms with Gasteiger partial charge in [0.05, 0.1) is 11.1 Å². The Balaban J connectivity index is 3.34. The molecule has 1 aromatic rings. The standard InChI is InChI=1S/C9H6F6N2S/c10-8(11,12)4-1-5(9(13,14)15)3-6(2-4)17-7(16)18/h1-3H,(H3,16,17,18)/p+1. The molecule has 18 heavy (non-hydrogen) atoms. The first kappa shape index (κ1) is 14.7. The molecule has 0 saturated heterocycles. The lowest BCUT2D eigenvalue weighted by molar-refractivity contribution is -0.208. The van der Waals surface area contributed by atoms with E-state index in [1.165, 1.54) is 0 Å². The summed E-state index contributed by atoms with van der Waals surface area (Å²) in [6.45, 7) is 0. The summed E-state index contributed by atoms with van der Waals surface area (Å²) >= 11 is 4.47. The highest BCUT2D eigenvalue weighted by Gasteiger charge is 2.36. The molecule has 0 aliphatic heterocycles. The van der Waals surface area contributed by atoms with Crippen molar-refractivity contribution in [3.63, 3.8) is 0 Å². The summed E-state index contributed by atoms with van der Waals surface area (Å²) in [5, 5.41) is 1.97. The van der Waals surface area contributed by atoms with Gasteiger partial charge in [0.2, 0.25) is 0 Å². The van der Waals surface area contributed by atoms with Crippen LogP contribution in [0.2, 0.25) is 0 Å². The lowest BCUT2D eigenvalue weighted by atomic mass is 10.1. The minimum absolute atomic E-state index is 0.0390. The lowest BCUT2D eigenvalue weighted by Crippen LogP contribution is -2.59. The summed E-state index contributed by atoms with van der Waals surface area (Å²) in [6.07, 6.45) is -9.75. The van der Waals surface area contributed by atoms with Gasteiger partial charge in [0.1, 0.15) is 0 Å². The summed E-state index contributed by atoms with van der Waals surface area (Å²) in [4.78, 5) is 0. The minimum atomic E-state index is -4.87. The van der Waals surface area contributed by atoms with Gasteiger partial charge in [0.25, 0.3) is 5.11 Å². The van der Waals surface area contributed by atoms with Crippen LogP contribution in [0.4, 0.5) is 32.0 Å². The van der Waals surface area contributed by atoms with Gasteiger partial charge < -0.3 is 11.1 Å². The fourth-order valence-electron chi connectivity index (χ4n) is 1.19. The maximum Gasteiger partial charge on any atom is 0.416 e. The molecule has 4 N–H and O–H groups in total. The van der Waals surface area contributed by atoms with Crippen LogP contribution in [0.15, 0.2) is 18.2 Å². The van der Waals surface area contributed by atoms with Crippen molar-refractivity contribution < 1.29 is 32.1 Å². The number of benzene rings is 1. The van der Waals surface area contributed by atoms with Crippen molar-refractivity contribution in [3.05, 3.63) is 29.3 Å². The molecule has 1 rings (SSSR count). The third-order valence-electron chi connectivity index (χ3n) is 1.87. The average Bonchev–Trinajstić information content (AvgIpc) is 2.13. The summed E-state index contributed by atoms with van der Waals surface area (Å²) < 4.78 is 74.6. The fraction of sp³-hybridized carbons (Fsp3) is 0.222. The molecule has 0 bridgehead atoms. The van der Waals surface area contributed by atoms with Crippen molar-refractivity contribution in [1.29, 1.82) is 0 Å². The van der Waals surface area contributed by atoms with Crippen molar-refractivity contribution in [2.45, 2.75) is 12.4 Å². The van der Waals surface area contributed by atoms with Crippen LogP contribution in [0.25, 0.3) is 0 Å². The lowest BCUT2D eigenvalue weighted by Gasteiger charge is -2.14. The summed E-state index contributed by atoms with van der Waals surface area (Å²) in [6, 6.07) is 1.11. The van der Waals surface area contributed by atoms with Gasteiger partial charge in [-0.1, -0.05) is 0 Å². The van der Waals surface area contributed by atoms with E-state index in [0.29, 0.717) is 12.1 Å². The molecule has 0 radical (unpaired) electrons. The van der Waals surface area contributed by atoms with E-state index in [1.54, 1.807) is 0 Å². The molecule has 0 spiro atoms. The smallest absolute Gasteiger partial charge is 0.301 e. The third kappa shape index (κ3) is 3.84. The molecule has 0 unspecified atom stereocenters. The van der Waals surface area contributed by atoms with Crippen molar-refractivity contribution in [2.75, 3.05) is 5.32 Å². The van der Waals surface area contributed by atoms with Crippen molar-refractivity contribution in [1.82, 2.24) is 0 Å². The van der Waals surface area contributed by atoms with Gasteiger partial charge in [-0.3, -0.25) is 0 Å². The van der Waals surface area contributed by atoms with Crippen LogP contribution in [0.5, 0.6) is 0 Å². The SMILES string of the molecule is [NH3+]C(=S)Nc1cc(C(F)(F)F)cc(C(F)(F)F)c1. The summed E-state index contributed by atoms with van der Waals surface area (Å²) in [7, 11) is 0. The van der Waals surface area contributed by atoms with Crippen LogP contribution in [-0.2, 0) is 12.4 Å². The monoisotopic (exact) mass is 289 g/mol. The molecule has 0 atom stereocenters. The highest BCUT2D eigenvalue weighted by molar-refractivity contribution is 7.80. The minimum Gasteiger partial charge on any atom is -0.301 e. The number of alkyl halides is 6. The number of rotatable bonds is 1. The third-order valence-corrected chi connectivity index (χ3v) is 1.97. The van der Waals surface area contributed by atoms with Crippen molar-refractivity contribution in [3.8, 4) is 0 Å². The van der Waals surface area contributed by atoms with E-state index < -0.39 is 29.2 Å². The summed E-state index contributed by atoms with van der Waals surface area (Å²) in [5.74, 6) is 0. The molecule has 0 aliphatic rings. The van der Waals surface area contributed by atoms with E-state index in [4.69, 9.17) is 0 Å². The Hall–Kier alpha value is -1.35. The molecule has 1 aromatic carbocycles. The van der Waals surface area contributed by atoms with Crippen LogP contribution < -0.4 is 11.1 Å². The Kier molecular flexibility index (Phi) is 3.86. The highest BCUT2D eigenvalue weighted by atomic mass is 32.1. The van der Waals surface area contributed by atoms with Crippen LogP contribution >= 0.6 is 12.2 Å². The fourth-order valence-corrected chi connectivity index (χ4v) is 1.31. The number of quaternary nitrogens is 1. The topological polar surface area (TPSA) is 39.7 Å². The number of nitrogens with one attached hydrogen (secondary N) is 1. The zero-order chi connectivity index (χ0) is 14.1. The first-order valence-electron chi connectivity index (χ1n) is 4.42. The Morgan fingerprint density at radius 3 is 1.61 bits per heavy atom. The second-order valence-corrected chi connectivity index (χ2v) is 3.84. The Morgan fingerprint density at radius 2 is 1.33 bits per heavy atom. The van der Waals surface area contributed by atoms with Crippen molar-refractivity contribution in [2.24, 2.45) is 0 Å². The van der Waals surface area contributed by atoms with Crippen LogP contribution in [-0.4, -0.2) is 5.11 Å². The maximum absolute atomic E-state index is 12.4. The van der Waals surface area contributed by atoms with Gasteiger partial charge in [-0.05, 0) is 18.2 Å². The molecule has 0 aromatic heterocycles. The molecular formula is C9H7F6N2S+. The summed E-state index contributed by atoms with van der Waals surface area (Å²) in [5.41, 5.74) is -0.0429. The van der Waals surface area contributed by atoms with Gasteiger partial charge in [0.15, 0.2) is 0 Å². The maximum atomic E-state index is 12.4. The predicted molar refractivity (Wildman–Crippen MR) is 55.6 cm³/mol. The molecule has 100 valence electrons. The number of halogens is 6. The normalized spacial score (nSPS) is 12.4. The van der Waals surface area contributed by atoms with E-state index in [9.17, 15) is 26.3 Å². The number of anilines is 1. The molecule has 0 aliphatic carbocycles. The zero-order valence-corrected chi connectivity index (χ0v) is 9.43. The largest absolute Gasteiger partial charge is 0.416 e. The second-order valence-electron chi connectivity index (χ2n) is 3.34. The van der Waals surface area contributed by atoms with E-state index in [0.717, 1.165) is 0 Å². The zero-order valence-electron chi connectivity index (χ0n) is 8.62. The van der Waals surface area contributed by atoms with Crippen LogP contribution in [0.1, 0.15) is 11.1 Å². The van der Waals surface area contributed by atoms with Crippen LogP contribution in [0.3, 0.4) is 0 Å². The van der Waals surface area contributed by atoms with Crippen molar-refractivity contribution >= 4 is 23.0 Å².